The van der Waals surface area contributed by atoms with Gasteiger partial charge in [-0.2, -0.15) is 0 Å². The van der Waals surface area contributed by atoms with E-state index in [0.717, 1.165) is 30.5 Å². The van der Waals surface area contributed by atoms with Gasteiger partial charge in [0.05, 0.1) is 0 Å². The van der Waals surface area contributed by atoms with E-state index in [2.05, 4.69) is 40.2 Å². The molecule has 0 atom stereocenters. The van der Waals surface area contributed by atoms with Crippen LogP contribution in [0.5, 0.6) is 0 Å². The fourth-order valence-electron chi connectivity index (χ4n) is 2.18. The van der Waals surface area contributed by atoms with Gasteiger partial charge in [0.1, 0.15) is 0 Å². The summed E-state index contributed by atoms with van der Waals surface area (Å²) in [5, 5.41) is 0. The summed E-state index contributed by atoms with van der Waals surface area (Å²) in [5.74, 6) is 0. The van der Waals surface area contributed by atoms with Gasteiger partial charge in [-0.25, -0.2) is 0 Å². The number of halogens is 2. The maximum atomic E-state index is 5.94. The predicted molar refractivity (Wildman–Crippen MR) is 72.2 cm³/mol. The first kappa shape index (κ1) is 14.0. The largest absolute Gasteiger partial charge is 0.381 e. The van der Waals surface area contributed by atoms with E-state index in [1.807, 2.05) is 0 Å². The third kappa shape index (κ3) is 2.77. The third-order valence-electron chi connectivity index (χ3n) is 3.30. The topological polar surface area (TPSA) is 35.2 Å². The van der Waals surface area contributed by atoms with Crippen LogP contribution in [-0.4, -0.2) is 19.8 Å². The number of hydrogen-bond donors (Lipinski definition) is 1. The van der Waals surface area contributed by atoms with Crippen molar-refractivity contribution in [2.24, 2.45) is 5.73 Å². The second-order valence-electron chi connectivity index (χ2n) is 4.10. The van der Waals surface area contributed by atoms with E-state index >= 15 is 0 Å². The Labute approximate surface area is 111 Å². The fraction of sp³-hybridized carbons (Fsp3) is 0.500. The molecule has 1 aliphatic rings. The van der Waals surface area contributed by atoms with Crippen LogP contribution in [0.4, 0.5) is 0 Å². The van der Waals surface area contributed by atoms with Gasteiger partial charge < -0.3 is 10.5 Å². The van der Waals surface area contributed by atoms with Crippen LogP contribution in [0.25, 0.3) is 0 Å². The van der Waals surface area contributed by atoms with Crippen LogP contribution in [0.1, 0.15) is 18.4 Å². The molecular formula is C12H17BrClNO. The summed E-state index contributed by atoms with van der Waals surface area (Å²) in [7, 11) is 0. The minimum Gasteiger partial charge on any atom is -0.381 e. The van der Waals surface area contributed by atoms with Crippen molar-refractivity contribution in [1.29, 1.82) is 0 Å². The van der Waals surface area contributed by atoms with Crippen molar-refractivity contribution in [2.45, 2.75) is 18.3 Å². The molecule has 2 rings (SSSR count). The average Bonchev–Trinajstić information content (AvgIpc) is 2.31. The van der Waals surface area contributed by atoms with E-state index in [-0.39, 0.29) is 17.8 Å². The predicted octanol–water partition coefficient (Wildman–Crippen LogP) is 2.88. The number of nitrogens with two attached hydrogens (primary N) is 1. The van der Waals surface area contributed by atoms with Gasteiger partial charge in [-0.15, -0.1) is 12.4 Å². The first-order chi connectivity index (χ1) is 7.27. The van der Waals surface area contributed by atoms with Gasteiger partial charge in [0.2, 0.25) is 0 Å². The Morgan fingerprint density at radius 2 is 1.75 bits per heavy atom. The molecule has 1 heterocycles. The van der Waals surface area contributed by atoms with Crippen molar-refractivity contribution in [1.82, 2.24) is 0 Å². The Balaban J connectivity index is 0.00000128. The molecule has 0 bridgehead atoms. The van der Waals surface area contributed by atoms with Crippen LogP contribution in [0.2, 0.25) is 0 Å². The summed E-state index contributed by atoms with van der Waals surface area (Å²) in [4.78, 5) is 0. The van der Waals surface area contributed by atoms with Gasteiger partial charge in [-0.3, -0.25) is 0 Å². The van der Waals surface area contributed by atoms with Gasteiger partial charge in [-0.05, 0) is 30.5 Å². The number of benzene rings is 1. The first-order valence-electron chi connectivity index (χ1n) is 5.31. The smallest absolute Gasteiger partial charge is 0.0475 e. The SMILES string of the molecule is Cl.NCC1(c2ccc(Br)cc2)CCOCC1. The summed E-state index contributed by atoms with van der Waals surface area (Å²) < 4.78 is 6.52. The Bertz CT molecular complexity index is 322. The highest BCUT2D eigenvalue weighted by atomic mass is 79.9. The Hall–Kier alpha value is -0.0900. The van der Waals surface area contributed by atoms with Gasteiger partial charge in [-0.1, -0.05) is 28.1 Å². The lowest BCUT2D eigenvalue weighted by atomic mass is 9.74. The van der Waals surface area contributed by atoms with Crippen molar-refractivity contribution in [3.63, 3.8) is 0 Å². The van der Waals surface area contributed by atoms with Crippen molar-refractivity contribution >= 4 is 28.3 Å². The highest BCUT2D eigenvalue weighted by Crippen LogP contribution is 2.34. The lowest BCUT2D eigenvalue weighted by molar-refractivity contribution is 0.0529. The molecule has 0 spiro atoms. The summed E-state index contributed by atoms with van der Waals surface area (Å²) >= 11 is 3.45. The van der Waals surface area contributed by atoms with E-state index in [4.69, 9.17) is 10.5 Å². The molecule has 1 aliphatic heterocycles. The summed E-state index contributed by atoms with van der Waals surface area (Å²) in [5.41, 5.74) is 7.42. The second-order valence-corrected chi connectivity index (χ2v) is 5.02. The molecule has 0 radical (unpaired) electrons. The lowest BCUT2D eigenvalue weighted by Crippen LogP contribution is -2.40. The molecule has 2 nitrogen and oxygen atoms in total. The molecule has 0 aliphatic carbocycles. The van der Waals surface area contributed by atoms with Crippen molar-refractivity contribution in [2.75, 3.05) is 19.8 Å². The van der Waals surface area contributed by atoms with E-state index in [1.165, 1.54) is 5.56 Å². The fourth-order valence-corrected chi connectivity index (χ4v) is 2.44. The van der Waals surface area contributed by atoms with Crippen LogP contribution in [0.15, 0.2) is 28.7 Å². The molecule has 0 amide bonds. The monoisotopic (exact) mass is 305 g/mol. The number of rotatable bonds is 2. The van der Waals surface area contributed by atoms with Gasteiger partial charge in [0, 0.05) is 29.6 Å². The van der Waals surface area contributed by atoms with Crippen LogP contribution >= 0.6 is 28.3 Å². The zero-order valence-electron chi connectivity index (χ0n) is 9.12. The number of ether oxygens (including phenoxy) is 1. The molecule has 0 saturated carbocycles. The quantitative estimate of drug-likeness (QED) is 0.912. The molecular weight excluding hydrogens is 289 g/mol. The summed E-state index contributed by atoms with van der Waals surface area (Å²) in [6, 6.07) is 8.51. The van der Waals surface area contributed by atoms with E-state index in [1.54, 1.807) is 0 Å². The standard InChI is InChI=1S/C12H16BrNO.ClH/c13-11-3-1-10(2-4-11)12(9-14)5-7-15-8-6-12;/h1-4H,5-9,14H2;1H. The normalized spacial score (nSPS) is 18.9. The molecule has 1 aromatic rings. The molecule has 0 aromatic heterocycles. The average molecular weight is 307 g/mol. The minimum atomic E-state index is 0. The molecule has 0 unspecified atom stereocenters. The molecule has 1 saturated heterocycles. The van der Waals surface area contributed by atoms with Gasteiger partial charge in [0.25, 0.3) is 0 Å². The Kier molecular flexibility index (Phi) is 5.25. The summed E-state index contributed by atoms with van der Waals surface area (Å²) in [6.07, 6.45) is 2.07. The van der Waals surface area contributed by atoms with E-state index in [9.17, 15) is 0 Å². The maximum absolute atomic E-state index is 5.94. The molecule has 1 aromatic carbocycles. The van der Waals surface area contributed by atoms with Crippen molar-refractivity contribution < 1.29 is 4.74 Å². The zero-order valence-corrected chi connectivity index (χ0v) is 11.5. The highest BCUT2D eigenvalue weighted by molar-refractivity contribution is 9.10. The zero-order chi connectivity index (χ0) is 10.7. The number of hydrogen-bond acceptors (Lipinski definition) is 2. The van der Waals surface area contributed by atoms with Gasteiger partial charge >= 0.3 is 0 Å². The van der Waals surface area contributed by atoms with Crippen LogP contribution in [0, 0.1) is 0 Å². The second kappa shape index (κ2) is 6.01. The molecule has 1 fully saturated rings. The molecule has 2 N–H and O–H groups in total. The molecule has 4 heteroatoms. The summed E-state index contributed by atoms with van der Waals surface area (Å²) in [6.45, 7) is 2.36. The minimum absolute atomic E-state index is 0. The van der Waals surface area contributed by atoms with Crippen LogP contribution in [0.3, 0.4) is 0 Å². The maximum Gasteiger partial charge on any atom is 0.0475 e. The third-order valence-corrected chi connectivity index (χ3v) is 3.83. The van der Waals surface area contributed by atoms with E-state index < -0.39 is 0 Å². The van der Waals surface area contributed by atoms with Crippen LogP contribution < -0.4 is 5.73 Å². The Morgan fingerprint density at radius 3 is 2.25 bits per heavy atom. The lowest BCUT2D eigenvalue weighted by Gasteiger charge is -2.36. The Morgan fingerprint density at radius 1 is 1.19 bits per heavy atom. The highest BCUT2D eigenvalue weighted by Gasteiger charge is 2.32. The van der Waals surface area contributed by atoms with Crippen molar-refractivity contribution in [3.8, 4) is 0 Å². The first-order valence-corrected chi connectivity index (χ1v) is 6.10. The molecule has 16 heavy (non-hydrogen) atoms. The molecule has 90 valence electrons. The van der Waals surface area contributed by atoms with Crippen molar-refractivity contribution in [3.05, 3.63) is 34.3 Å². The van der Waals surface area contributed by atoms with Gasteiger partial charge in [0.15, 0.2) is 0 Å². The van der Waals surface area contributed by atoms with E-state index in [0.29, 0.717) is 6.54 Å². The van der Waals surface area contributed by atoms with Crippen LogP contribution in [-0.2, 0) is 10.2 Å².